The van der Waals surface area contributed by atoms with E-state index in [1.165, 1.54) is 0 Å². The summed E-state index contributed by atoms with van der Waals surface area (Å²) in [7, 11) is 0. The van der Waals surface area contributed by atoms with Crippen LogP contribution >= 0.6 is 11.6 Å². The average molecular weight is 386 g/mol. The van der Waals surface area contributed by atoms with Crippen molar-refractivity contribution in [3.63, 3.8) is 0 Å². The van der Waals surface area contributed by atoms with E-state index in [4.69, 9.17) is 20.8 Å². The van der Waals surface area contributed by atoms with Crippen molar-refractivity contribution in [3.05, 3.63) is 75.1 Å². The molecule has 1 atom stereocenters. The van der Waals surface area contributed by atoms with Crippen molar-refractivity contribution in [2.24, 2.45) is 0 Å². The summed E-state index contributed by atoms with van der Waals surface area (Å²) in [6, 6.07) is 14.3. The Morgan fingerprint density at radius 3 is 2.67 bits per heavy atom. The first kappa shape index (κ1) is 19.0. The lowest BCUT2D eigenvalue weighted by Crippen LogP contribution is -2.34. The molecule has 0 fully saturated rings. The third-order valence-corrected chi connectivity index (χ3v) is 4.52. The molecule has 3 rings (SSSR count). The highest BCUT2D eigenvalue weighted by atomic mass is 35.5. The van der Waals surface area contributed by atoms with Crippen LogP contribution in [0, 0.1) is 6.92 Å². The summed E-state index contributed by atoms with van der Waals surface area (Å²) in [5.41, 5.74) is 2.06. The normalized spacial score (nSPS) is 12.0. The van der Waals surface area contributed by atoms with Gasteiger partial charge >= 0.3 is 11.6 Å². The Hall–Kier alpha value is -2.79. The largest absolute Gasteiger partial charge is 0.464 e. The Labute approximate surface area is 161 Å². The number of carbonyl (C=O) groups is 1. The number of fused-ring (bicyclic) bond motifs is 1. The molecule has 0 unspecified atom stereocenters. The zero-order chi connectivity index (χ0) is 19.4. The van der Waals surface area contributed by atoms with Gasteiger partial charge in [-0.1, -0.05) is 53.6 Å². The third-order valence-electron chi connectivity index (χ3n) is 4.18. The van der Waals surface area contributed by atoms with Gasteiger partial charge in [0.05, 0.1) is 12.3 Å². The van der Waals surface area contributed by atoms with E-state index in [-0.39, 0.29) is 11.6 Å². The number of nitrogens with one attached hydrogen (secondary N) is 1. The van der Waals surface area contributed by atoms with Crippen LogP contribution in [0.2, 0.25) is 5.02 Å². The minimum atomic E-state index is -0.699. The molecule has 0 bridgehead atoms. The molecule has 0 amide bonds. The Morgan fingerprint density at radius 2 is 1.96 bits per heavy atom. The Morgan fingerprint density at radius 1 is 1.22 bits per heavy atom. The summed E-state index contributed by atoms with van der Waals surface area (Å²) in [5, 5.41) is 3.68. The molecule has 0 aliphatic heterocycles. The second-order valence-corrected chi connectivity index (χ2v) is 6.59. The third kappa shape index (κ3) is 4.31. The predicted molar refractivity (Wildman–Crippen MR) is 106 cm³/mol. The first-order valence-corrected chi connectivity index (χ1v) is 9.07. The summed E-state index contributed by atoms with van der Waals surface area (Å²) in [6.45, 7) is 3.94. The van der Waals surface area contributed by atoms with Crippen LogP contribution in [0.3, 0.4) is 0 Å². The molecule has 0 spiro atoms. The van der Waals surface area contributed by atoms with Crippen molar-refractivity contribution in [3.8, 4) is 0 Å². The van der Waals surface area contributed by atoms with Crippen LogP contribution in [0.1, 0.15) is 18.1 Å². The van der Waals surface area contributed by atoms with Gasteiger partial charge in [-0.25, -0.2) is 9.59 Å². The lowest BCUT2D eigenvalue weighted by Gasteiger charge is -2.20. The minimum Gasteiger partial charge on any atom is -0.464 e. The van der Waals surface area contributed by atoms with Crippen molar-refractivity contribution < 1.29 is 13.9 Å². The van der Waals surface area contributed by atoms with Crippen LogP contribution in [0.15, 0.2) is 57.7 Å². The lowest BCUT2D eigenvalue weighted by molar-refractivity contribution is -0.144. The number of ether oxygens (including phenoxy) is 1. The van der Waals surface area contributed by atoms with Gasteiger partial charge in [0.15, 0.2) is 0 Å². The van der Waals surface area contributed by atoms with E-state index in [2.05, 4.69) is 5.32 Å². The van der Waals surface area contributed by atoms with E-state index in [0.29, 0.717) is 23.1 Å². The van der Waals surface area contributed by atoms with E-state index in [1.807, 2.05) is 49.4 Å². The highest BCUT2D eigenvalue weighted by Crippen LogP contribution is 2.30. The SMILES string of the molecule is CCOC(=O)[C@@H](Cc1ccccc1)Nc1c(Cl)c(=O)oc2ccc(C)cc12. The van der Waals surface area contributed by atoms with Crippen LogP contribution < -0.4 is 10.9 Å². The van der Waals surface area contributed by atoms with Gasteiger partial charge in [0.1, 0.15) is 16.6 Å². The maximum absolute atomic E-state index is 12.5. The highest BCUT2D eigenvalue weighted by Gasteiger charge is 2.24. The molecule has 0 aliphatic rings. The van der Waals surface area contributed by atoms with E-state index in [0.717, 1.165) is 11.1 Å². The molecule has 3 aromatic rings. The van der Waals surface area contributed by atoms with Gasteiger partial charge in [-0.15, -0.1) is 0 Å². The van der Waals surface area contributed by atoms with Crippen molar-refractivity contribution in [1.82, 2.24) is 0 Å². The molecule has 1 aromatic heterocycles. The first-order chi connectivity index (χ1) is 13.0. The minimum absolute atomic E-state index is 0.0875. The van der Waals surface area contributed by atoms with Crippen molar-refractivity contribution in [1.29, 1.82) is 0 Å². The molecule has 0 radical (unpaired) electrons. The lowest BCUT2D eigenvalue weighted by atomic mass is 10.0. The highest BCUT2D eigenvalue weighted by molar-refractivity contribution is 6.34. The number of rotatable bonds is 6. The van der Waals surface area contributed by atoms with Crippen LogP contribution in [-0.4, -0.2) is 18.6 Å². The monoisotopic (exact) mass is 385 g/mol. The van der Waals surface area contributed by atoms with Crippen LogP contribution in [0.4, 0.5) is 5.69 Å². The van der Waals surface area contributed by atoms with Gasteiger partial charge in [-0.05, 0) is 31.5 Å². The van der Waals surface area contributed by atoms with Crippen LogP contribution in [0.5, 0.6) is 0 Å². The van der Waals surface area contributed by atoms with Crippen molar-refractivity contribution >= 4 is 34.2 Å². The van der Waals surface area contributed by atoms with Crippen molar-refractivity contribution in [2.45, 2.75) is 26.3 Å². The van der Waals surface area contributed by atoms with Crippen molar-refractivity contribution in [2.75, 3.05) is 11.9 Å². The second-order valence-electron chi connectivity index (χ2n) is 6.22. The van der Waals surface area contributed by atoms with Crippen LogP contribution in [-0.2, 0) is 16.0 Å². The first-order valence-electron chi connectivity index (χ1n) is 8.69. The molecule has 0 aliphatic carbocycles. The number of carbonyl (C=O) groups excluding carboxylic acids is 1. The van der Waals surface area contributed by atoms with E-state index >= 15 is 0 Å². The van der Waals surface area contributed by atoms with Crippen LogP contribution in [0.25, 0.3) is 11.0 Å². The standard InChI is InChI=1S/C21H20ClNO4/c1-3-26-20(24)16(12-14-7-5-4-6-8-14)23-19-15-11-13(2)9-10-17(15)27-21(25)18(19)22/h4-11,16,23H,3,12H2,1-2H3/t16-/m1/s1. The van der Waals surface area contributed by atoms with Gasteiger partial charge < -0.3 is 14.5 Å². The smallest absolute Gasteiger partial charge is 0.357 e. The molecule has 0 saturated heterocycles. The summed E-state index contributed by atoms with van der Waals surface area (Å²) in [6.07, 6.45) is 0.392. The zero-order valence-electron chi connectivity index (χ0n) is 15.1. The van der Waals surface area contributed by atoms with Gasteiger partial charge in [-0.3, -0.25) is 0 Å². The Bertz CT molecular complexity index is 1010. The zero-order valence-corrected chi connectivity index (χ0v) is 15.9. The van der Waals surface area contributed by atoms with E-state index in [9.17, 15) is 9.59 Å². The van der Waals surface area contributed by atoms with Gasteiger partial charge in [-0.2, -0.15) is 0 Å². The fourth-order valence-corrected chi connectivity index (χ4v) is 3.09. The maximum Gasteiger partial charge on any atom is 0.357 e. The molecular formula is C21H20ClNO4. The fraction of sp³-hybridized carbons (Fsp3) is 0.238. The van der Waals surface area contributed by atoms with Gasteiger partial charge in [0.2, 0.25) is 0 Å². The Kier molecular flexibility index (Phi) is 5.81. The summed E-state index contributed by atoms with van der Waals surface area (Å²) in [5.74, 6) is -0.411. The average Bonchev–Trinajstić information content (AvgIpc) is 2.66. The molecule has 6 heteroatoms. The quantitative estimate of drug-likeness (QED) is 0.505. The second kappa shape index (κ2) is 8.27. The number of benzene rings is 2. The van der Waals surface area contributed by atoms with E-state index in [1.54, 1.807) is 13.0 Å². The molecule has 27 heavy (non-hydrogen) atoms. The van der Waals surface area contributed by atoms with Gasteiger partial charge in [0, 0.05) is 11.8 Å². The molecule has 140 valence electrons. The van der Waals surface area contributed by atoms with E-state index < -0.39 is 17.6 Å². The number of aryl methyl sites for hydroxylation is 1. The molecule has 0 saturated carbocycles. The Balaban J connectivity index is 2.04. The summed E-state index contributed by atoms with van der Waals surface area (Å²) in [4.78, 5) is 24.6. The maximum atomic E-state index is 12.5. The number of hydrogen-bond donors (Lipinski definition) is 1. The number of halogens is 1. The number of anilines is 1. The molecule has 1 heterocycles. The molecule has 1 N–H and O–H groups in total. The topological polar surface area (TPSA) is 68.5 Å². The summed E-state index contributed by atoms with van der Waals surface area (Å²) < 4.78 is 10.5. The predicted octanol–water partition coefficient (Wildman–Crippen LogP) is 4.34. The molecular weight excluding hydrogens is 366 g/mol. The number of hydrogen-bond acceptors (Lipinski definition) is 5. The fourth-order valence-electron chi connectivity index (χ4n) is 2.89. The van der Waals surface area contributed by atoms with Gasteiger partial charge in [0.25, 0.3) is 0 Å². The summed E-state index contributed by atoms with van der Waals surface area (Å²) >= 11 is 6.23. The number of esters is 1. The molecule has 2 aromatic carbocycles. The molecule has 5 nitrogen and oxygen atoms in total.